The number of hydrogen-bond acceptors (Lipinski definition) is 3. The molecule has 2 N–H and O–H groups in total. The first-order valence-electron chi connectivity index (χ1n) is 7.15. The monoisotopic (exact) mass is 243 g/mol. The van der Waals surface area contributed by atoms with Crippen molar-refractivity contribution in [1.82, 2.24) is 5.32 Å². The molecule has 1 fully saturated rings. The van der Waals surface area contributed by atoms with Crippen LogP contribution in [0.4, 0.5) is 0 Å². The third-order valence-corrected chi connectivity index (χ3v) is 3.69. The Balaban J connectivity index is 2.22. The first-order valence-corrected chi connectivity index (χ1v) is 7.15. The number of nitrogens with one attached hydrogen (secondary N) is 1. The Morgan fingerprint density at radius 1 is 1.41 bits per heavy atom. The Bertz CT molecular complexity index is 206. The molecule has 0 bridgehead atoms. The van der Waals surface area contributed by atoms with E-state index in [2.05, 4.69) is 19.2 Å². The van der Waals surface area contributed by atoms with Gasteiger partial charge in [-0.15, -0.1) is 0 Å². The van der Waals surface area contributed by atoms with Crippen LogP contribution in [0.5, 0.6) is 0 Å². The average molecular weight is 243 g/mol. The maximum Gasteiger partial charge on any atom is 0.0987 e. The number of rotatable bonds is 7. The molecule has 0 amide bonds. The number of hydrogen-bond donors (Lipinski definition) is 2. The van der Waals surface area contributed by atoms with Crippen LogP contribution in [0, 0.1) is 0 Å². The van der Waals surface area contributed by atoms with Crippen molar-refractivity contribution in [1.29, 1.82) is 0 Å². The van der Waals surface area contributed by atoms with Gasteiger partial charge in [0.2, 0.25) is 0 Å². The minimum Gasteiger partial charge on any atom is -0.387 e. The van der Waals surface area contributed by atoms with Crippen LogP contribution in [-0.2, 0) is 4.74 Å². The van der Waals surface area contributed by atoms with Gasteiger partial charge in [0.1, 0.15) is 0 Å². The van der Waals surface area contributed by atoms with Gasteiger partial charge >= 0.3 is 0 Å². The Kier molecular flexibility index (Phi) is 6.45. The van der Waals surface area contributed by atoms with Gasteiger partial charge in [0, 0.05) is 6.54 Å². The lowest BCUT2D eigenvalue weighted by Gasteiger charge is -2.38. The van der Waals surface area contributed by atoms with E-state index in [-0.39, 0.29) is 12.2 Å². The molecule has 0 aliphatic carbocycles. The van der Waals surface area contributed by atoms with E-state index in [9.17, 15) is 5.11 Å². The van der Waals surface area contributed by atoms with Gasteiger partial charge < -0.3 is 15.2 Å². The smallest absolute Gasteiger partial charge is 0.0987 e. The van der Waals surface area contributed by atoms with E-state index in [4.69, 9.17) is 4.74 Å². The number of unbranched alkanes of at least 4 members (excludes halogenated alkanes) is 3. The molecule has 3 heteroatoms. The summed E-state index contributed by atoms with van der Waals surface area (Å²) in [6, 6.07) is 0. The fourth-order valence-corrected chi connectivity index (χ4v) is 2.36. The summed E-state index contributed by atoms with van der Waals surface area (Å²) >= 11 is 0. The molecule has 1 aliphatic rings. The molecule has 0 spiro atoms. The van der Waals surface area contributed by atoms with Crippen LogP contribution < -0.4 is 5.32 Å². The van der Waals surface area contributed by atoms with Crippen LogP contribution in [0.1, 0.15) is 59.3 Å². The van der Waals surface area contributed by atoms with Crippen molar-refractivity contribution in [3.05, 3.63) is 0 Å². The van der Waals surface area contributed by atoms with E-state index in [0.717, 1.165) is 25.9 Å². The summed E-state index contributed by atoms with van der Waals surface area (Å²) in [5.74, 6) is 0. The van der Waals surface area contributed by atoms with Crippen LogP contribution >= 0.6 is 0 Å². The molecule has 3 nitrogen and oxygen atoms in total. The average Bonchev–Trinajstić information content (AvgIpc) is 2.27. The van der Waals surface area contributed by atoms with Gasteiger partial charge in [0.25, 0.3) is 0 Å². The molecule has 0 radical (unpaired) electrons. The molecule has 0 aromatic rings. The standard InChI is InChI=1S/C14H29NO2/c1-4-5-6-7-8-12(2)17-13-11-15-10-9-14(13,3)16/h12-13,15-16H,4-11H2,1-3H3. The number of piperidine rings is 1. The molecule has 102 valence electrons. The van der Waals surface area contributed by atoms with Crippen molar-refractivity contribution in [3.63, 3.8) is 0 Å². The normalized spacial score (nSPS) is 31.4. The lowest BCUT2D eigenvalue weighted by molar-refractivity contribution is -0.135. The van der Waals surface area contributed by atoms with Crippen LogP contribution in [0.15, 0.2) is 0 Å². The van der Waals surface area contributed by atoms with Crippen molar-refractivity contribution in [2.45, 2.75) is 77.1 Å². The summed E-state index contributed by atoms with van der Waals surface area (Å²) in [7, 11) is 0. The van der Waals surface area contributed by atoms with Gasteiger partial charge in [-0.25, -0.2) is 0 Å². The second-order valence-corrected chi connectivity index (χ2v) is 5.60. The Labute approximate surface area is 106 Å². The van der Waals surface area contributed by atoms with Crippen LogP contribution in [0.2, 0.25) is 0 Å². The fraction of sp³-hybridized carbons (Fsp3) is 1.00. The zero-order valence-corrected chi connectivity index (χ0v) is 11.7. The molecular weight excluding hydrogens is 214 g/mol. The molecule has 1 rings (SSSR count). The first-order chi connectivity index (χ1) is 8.06. The van der Waals surface area contributed by atoms with E-state index in [1.54, 1.807) is 0 Å². The van der Waals surface area contributed by atoms with Gasteiger partial charge in [-0.1, -0.05) is 32.6 Å². The number of ether oxygens (including phenoxy) is 1. The highest BCUT2D eigenvalue weighted by molar-refractivity contribution is 4.89. The van der Waals surface area contributed by atoms with E-state index >= 15 is 0 Å². The highest BCUT2D eigenvalue weighted by atomic mass is 16.5. The zero-order chi connectivity index (χ0) is 12.7. The van der Waals surface area contributed by atoms with E-state index in [1.807, 2.05) is 6.92 Å². The van der Waals surface area contributed by atoms with Crippen LogP contribution in [0.25, 0.3) is 0 Å². The highest BCUT2D eigenvalue weighted by Gasteiger charge is 2.35. The first kappa shape index (κ1) is 14.9. The topological polar surface area (TPSA) is 41.5 Å². The molecule has 1 heterocycles. The van der Waals surface area contributed by atoms with E-state index < -0.39 is 5.60 Å². The molecule has 0 aromatic heterocycles. The summed E-state index contributed by atoms with van der Waals surface area (Å²) in [5.41, 5.74) is -0.664. The van der Waals surface area contributed by atoms with Crippen molar-refractivity contribution in [3.8, 4) is 0 Å². The zero-order valence-electron chi connectivity index (χ0n) is 11.7. The molecule has 3 unspecified atom stereocenters. The maximum absolute atomic E-state index is 10.2. The quantitative estimate of drug-likeness (QED) is 0.675. The second-order valence-electron chi connectivity index (χ2n) is 5.60. The summed E-state index contributed by atoms with van der Waals surface area (Å²) in [4.78, 5) is 0. The van der Waals surface area contributed by atoms with Crippen molar-refractivity contribution >= 4 is 0 Å². The van der Waals surface area contributed by atoms with Gasteiger partial charge in [0.05, 0.1) is 17.8 Å². The predicted molar refractivity (Wildman–Crippen MR) is 71.2 cm³/mol. The highest BCUT2D eigenvalue weighted by Crippen LogP contribution is 2.22. The molecule has 17 heavy (non-hydrogen) atoms. The van der Waals surface area contributed by atoms with Crippen molar-refractivity contribution in [2.75, 3.05) is 13.1 Å². The van der Waals surface area contributed by atoms with Crippen molar-refractivity contribution < 1.29 is 9.84 Å². The third-order valence-electron chi connectivity index (χ3n) is 3.69. The molecule has 1 aliphatic heterocycles. The Morgan fingerprint density at radius 3 is 2.82 bits per heavy atom. The molecule has 1 saturated heterocycles. The van der Waals surface area contributed by atoms with Crippen LogP contribution in [0.3, 0.4) is 0 Å². The Morgan fingerprint density at radius 2 is 2.18 bits per heavy atom. The molecule has 0 saturated carbocycles. The van der Waals surface area contributed by atoms with E-state index in [0.29, 0.717) is 0 Å². The third kappa shape index (κ3) is 5.36. The lowest BCUT2D eigenvalue weighted by atomic mass is 9.91. The SMILES string of the molecule is CCCCCCC(C)OC1CNCCC1(C)O. The van der Waals surface area contributed by atoms with Crippen molar-refractivity contribution in [2.24, 2.45) is 0 Å². The summed E-state index contributed by atoms with van der Waals surface area (Å²) < 4.78 is 5.97. The van der Waals surface area contributed by atoms with Gasteiger partial charge in [0.15, 0.2) is 0 Å². The predicted octanol–water partition coefficient (Wildman–Crippen LogP) is 2.47. The van der Waals surface area contributed by atoms with Gasteiger partial charge in [-0.05, 0) is 33.2 Å². The van der Waals surface area contributed by atoms with Gasteiger partial charge in [-0.2, -0.15) is 0 Å². The summed E-state index contributed by atoms with van der Waals surface area (Å²) in [5, 5.41) is 13.5. The Hall–Kier alpha value is -0.120. The second kappa shape index (κ2) is 7.34. The van der Waals surface area contributed by atoms with E-state index in [1.165, 1.54) is 25.7 Å². The van der Waals surface area contributed by atoms with Crippen LogP contribution in [-0.4, -0.2) is 36.0 Å². The fourth-order valence-electron chi connectivity index (χ4n) is 2.36. The minimum atomic E-state index is -0.664. The number of aliphatic hydroxyl groups is 1. The minimum absolute atomic E-state index is 0.0579. The lowest BCUT2D eigenvalue weighted by Crippen LogP contribution is -2.54. The summed E-state index contributed by atoms with van der Waals surface area (Å²) in [6.07, 6.45) is 7.19. The summed E-state index contributed by atoms with van der Waals surface area (Å²) in [6.45, 7) is 7.90. The molecule has 0 aromatic carbocycles. The van der Waals surface area contributed by atoms with Gasteiger partial charge in [-0.3, -0.25) is 0 Å². The maximum atomic E-state index is 10.2. The molecule has 3 atom stereocenters. The largest absolute Gasteiger partial charge is 0.387 e. The molecular formula is C14H29NO2.